The molecule has 0 spiro atoms. The van der Waals surface area contributed by atoms with E-state index in [0.717, 1.165) is 5.69 Å². The Morgan fingerprint density at radius 3 is 2.61 bits per heavy atom. The van der Waals surface area contributed by atoms with Crippen molar-refractivity contribution in [2.75, 3.05) is 18.5 Å². The van der Waals surface area contributed by atoms with E-state index < -0.39 is 0 Å². The Labute approximate surface area is 106 Å². The SMILES string of the molecule is C#CC1CC(=O)N(c2ccc(C(=O)NC)cc2)C1. The summed E-state index contributed by atoms with van der Waals surface area (Å²) in [5, 5.41) is 2.55. The topological polar surface area (TPSA) is 49.4 Å². The smallest absolute Gasteiger partial charge is 0.251 e. The van der Waals surface area contributed by atoms with Crippen molar-refractivity contribution in [3.8, 4) is 12.3 Å². The normalized spacial score (nSPS) is 18.6. The van der Waals surface area contributed by atoms with Crippen LogP contribution in [0, 0.1) is 18.3 Å². The standard InChI is InChI=1S/C14H14N2O2/c1-3-10-8-13(17)16(9-10)12-6-4-11(5-7-12)14(18)15-2/h1,4-7,10H,8-9H2,2H3,(H,15,18). The maximum Gasteiger partial charge on any atom is 0.251 e. The van der Waals surface area contributed by atoms with E-state index in [0.29, 0.717) is 18.5 Å². The Kier molecular flexibility index (Phi) is 3.33. The van der Waals surface area contributed by atoms with E-state index in [1.807, 2.05) is 0 Å². The van der Waals surface area contributed by atoms with Gasteiger partial charge in [0.2, 0.25) is 5.91 Å². The number of nitrogens with one attached hydrogen (secondary N) is 1. The fourth-order valence-corrected chi connectivity index (χ4v) is 2.01. The molecule has 1 unspecified atom stereocenters. The Hall–Kier alpha value is -2.28. The second-order valence-electron chi connectivity index (χ2n) is 4.20. The van der Waals surface area contributed by atoms with E-state index in [9.17, 15) is 9.59 Å². The van der Waals surface area contributed by atoms with Crippen molar-refractivity contribution in [1.82, 2.24) is 5.32 Å². The number of terminal acetylenes is 1. The zero-order valence-corrected chi connectivity index (χ0v) is 10.1. The highest BCUT2D eigenvalue weighted by Gasteiger charge is 2.29. The lowest BCUT2D eigenvalue weighted by Crippen LogP contribution is -2.24. The van der Waals surface area contributed by atoms with Gasteiger partial charge in [0.25, 0.3) is 5.91 Å². The van der Waals surface area contributed by atoms with Crippen molar-refractivity contribution < 1.29 is 9.59 Å². The van der Waals surface area contributed by atoms with Crippen LogP contribution < -0.4 is 10.2 Å². The molecule has 1 aliphatic rings. The van der Waals surface area contributed by atoms with E-state index in [4.69, 9.17) is 6.42 Å². The summed E-state index contributed by atoms with van der Waals surface area (Å²) in [5.41, 5.74) is 1.35. The third-order valence-electron chi connectivity index (χ3n) is 3.03. The number of hydrogen-bond donors (Lipinski definition) is 1. The number of carbonyl (C=O) groups excluding carboxylic acids is 2. The fraction of sp³-hybridized carbons (Fsp3) is 0.286. The summed E-state index contributed by atoms with van der Waals surface area (Å²) in [7, 11) is 1.58. The largest absolute Gasteiger partial charge is 0.355 e. The molecule has 1 aromatic carbocycles. The second kappa shape index (κ2) is 4.92. The average Bonchev–Trinajstić information content (AvgIpc) is 2.79. The van der Waals surface area contributed by atoms with Crippen LogP contribution >= 0.6 is 0 Å². The molecular formula is C14H14N2O2. The van der Waals surface area contributed by atoms with Crippen molar-refractivity contribution >= 4 is 17.5 Å². The summed E-state index contributed by atoms with van der Waals surface area (Å²) in [4.78, 5) is 24.8. The minimum Gasteiger partial charge on any atom is -0.355 e. The Morgan fingerprint density at radius 1 is 1.44 bits per heavy atom. The molecule has 4 heteroatoms. The molecule has 1 aromatic rings. The summed E-state index contributed by atoms with van der Waals surface area (Å²) >= 11 is 0. The quantitative estimate of drug-likeness (QED) is 0.787. The third-order valence-corrected chi connectivity index (χ3v) is 3.03. The van der Waals surface area contributed by atoms with Gasteiger partial charge in [-0.1, -0.05) is 0 Å². The molecule has 0 aliphatic carbocycles. The number of benzene rings is 1. The first-order valence-corrected chi connectivity index (χ1v) is 5.74. The highest BCUT2D eigenvalue weighted by molar-refractivity contribution is 5.98. The van der Waals surface area contributed by atoms with Crippen LogP contribution in [0.3, 0.4) is 0 Å². The van der Waals surface area contributed by atoms with Crippen LogP contribution in [0.2, 0.25) is 0 Å². The van der Waals surface area contributed by atoms with Crippen molar-refractivity contribution in [2.24, 2.45) is 5.92 Å². The van der Waals surface area contributed by atoms with Crippen LogP contribution in [-0.4, -0.2) is 25.4 Å². The molecule has 0 aromatic heterocycles. The number of nitrogens with zero attached hydrogens (tertiary/aromatic N) is 1. The maximum atomic E-state index is 11.8. The van der Waals surface area contributed by atoms with Gasteiger partial charge in [-0.3, -0.25) is 9.59 Å². The monoisotopic (exact) mass is 242 g/mol. The van der Waals surface area contributed by atoms with Crippen LogP contribution in [0.25, 0.3) is 0 Å². The summed E-state index contributed by atoms with van der Waals surface area (Å²) in [6, 6.07) is 6.93. The summed E-state index contributed by atoms with van der Waals surface area (Å²) < 4.78 is 0. The first kappa shape index (κ1) is 12.2. The highest BCUT2D eigenvalue weighted by Crippen LogP contribution is 2.24. The molecule has 1 atom stereocenters. The number of carbonyl (C=O) groups is 2. The molecular weight excluding hydrogens is 228 g/mol. The van der Waals surface area contributed by atoms with Gasteiger partial charge < -0.3 is 10.2 Å². The maximum absolute atomic E-state index is 11.8. The van der Waals surface area contributed by atoms with E-state index >= 15 is 0 Å². The van der Waals surface area contributed by atoms with E-state index in [1.54, 1.807) is 36.2 Å². The molecule has 0 saturated carbocycles. The van der Waals surface area contributed by atoms with E-state index in [2.05, 4.69) is 11.2 Å². The summed E-state index contributed by atoms with van der Waals surface area (Å²) in [6.45, 7) is 0.550. The van der Waals surface area contributed by atoms with Crippen LogP contribution in [0.4, 0.5) is 5.69 Å². The molecule has 2 rings (SSSR count). The molecule has 92 valence electrons. The van der Waals surface area contributed by atoms with Gasteiger partial charge in [0, 0.05) is 37.2 Å². The summed E-state index contributed by atoms with van der Waals surface area (Å²) in [6.07, 6.45) is 5.73. The van der Waals surface area contributed by atoms with Crippen molar-refractivity contribution in [1.29, 1.82) is 0 Å². The van der Waals surface area contributed by atoms with Gasteiger partial charge in [0.1, 0.15) is 0 Å². The first-order valence-electron chi connectivity index (χ1n) is 5.74. The second-order valence-corrected chi connectivity index (χ2v) is 4.20. The van der Waals surface area contributed by atoms with Gasteiger partial charge in [-0.15, -0.1) is 12.3 Å². The van der Waals surface area contributed by atoms with Crippen molar-refractivity contribution in [3.05, 3.63) is 29.8 Å². The van der Waals surface area contributed by atoms with Gasteiger partial charge in [0.15, 0.2) is 0 Å². The zero-order chi connectivity index (χ0) is 13.1. The number of hydrogen-bond acceptors (Lipinski definition) is 2. The van der Waals surface area contributed by atoms with Crippen LogP contribution in [0.1, 0.15) is 16.8 Å². The first-order chi connectivity index (χ1) is 8.65. The molecule has 18 heavy (non-hydrogen) atoms. The number of anilines is 1. The average molecular weight is 242 g/mol. The van der Waals surface area contributed by atoms with Gasteiger partial charge in [-0.05, 0) is 24.3 Å². The molecule has 1 N–H and O–H groups in total. The van der Waals surface area contributed by atoms with Crippen LogP contribution in [-0.2, 0) is 4.79 Å². The molecule has 1 aliphatic heterocycles. The molecule has 0 radical (unpaired) electrons. The van der Waals surface area contributed by atoms with Gasteiger partial charge in [0.05, 0.1) is 0 Å². The summed E-state index contributed by atoms with van der Waals surface area (Å²) in [5.74, 6) is 2.48. The van der Waals surface area contributed by atoms with Gasteiger partial charge >= 0.3 is 0 Å². The molecule has 4 nitrogen and oxygen atoms in total. The lowest BCUT2D eigenvalue weighted by Gasteiger charge is -2.16. The Balaban J connectivity index is 2.18. The van der Waals surface area contributed by atoms with Crippen molar-refractivity contribution in [2.45, 2.75) is 6.42 Å². The molecule has 2 amide bonds. The Morgan fingerprint density at radius 2 is 2.11 bits per heavy atom. The molecule has 1 heterocycles. The molecule has 0 bridgehead atoms. The number of amides is 2. The molecule has 1 saturated heterocycles. The minimum absolute atomic E-state index is 0.0175. The zero-order valence-electron chi connectivity index (χ0n) is 10.1. The van der Waals surface area contributed by atoms with Gasteiger partial charge in [-0.2, -0.15) is 0 Å². The van der Waals surface area contributed by atoms with E-state index in [1.165, 1.54) is 0 Å². The highest BCUT2D eigenvalue weighted by atomic mass is 16.2. The van der Waals surface area contributed by atoms with Gasteiger partial charge in [-0.25, -0.2) is 0 Å². The van der Waals surface area contributed by atoms with Crippen LogP contribution in [0.5, 0.6) is 0 Å². The lowest BCUT2D eigenvalue weighted by molar-refractivity contribution is -0.117. The number of rotatable bonds is 2. The van der Waals surface area contributed by atoms with Crippen molar-refractivity contribution in [3.63, 3.8) is 0 Å². The Bertz CT molecular complexity index is 514. The minimum atomic E-state index is -0.143. The van der Waals surface area contributed by atoms with Crippen LogP contribution in [0.15, 0.2) is 24.3 Å². The predicted octanol–water partition coefficient (Wildman–Crippen LogP) is 1.03. The fourth-order valence-electron chi connectivity index (χ4n) is 2.01. The lowest BCUT2D eigenvalue weighted by atomic mass is 10.1. The van der Waals surface area contributed by atoms with E-state index in [-0.39, 0.29) is 17.7 Å². The molecule has 1 fully saturated rings. The third kappa shape index (κ3) is 2.21. The predicted molar refractivity (Wildman–Crippen MR) is 69.1 cm³/mol.